The third-order valence-electron chi connectivity index (χ3n) is 4.85. The van der Waals surface area contributed by atoms with Gasteiger partial charge in [-0.15, -0.1) is 0 Å². The van der Waals surface area contributed by atoms with Crippen molar-refractivity contribution in [2.45, 2.75) is 47.0 Å². The Morgan fingerprint density at radius 2 is 1.87 bits per heavy atom. The minimum Gasteiger partial charge on any atom is -0.378 e. The summed E-state index contributed by atoms with van der Waals surface area (Å²) in [6, 6.07) is 6.73. The van der Waals surface area contributed by atoms with E-state index in [0.29, 0.717) is 0 Å². The van der Waals surface area contributed by atoms with Crippen LogP contribution in [0.5, 0.6) is 0 Å². The summed E-state index contributed by atoms with van der Waals surface area (Å²) in [6.07, 6.45) is 5.48. The molecule has 1 aliphatic rings. The average Bonchev–Trinajstić information content (AvgIpc) is 2.79. The van der Waals surface area contributed by atoms with Crippen molar-refractivity contribution >= 4 is 17.5 Å². The lowest BCUT2D eigenvalue weighted by Gasteiger charge is -2.16. The van der Waals surface area contributed by atoms with E-state index in [4.69, 9.17) is 0 Å². The van der Waals surface area contributed by atoms with Gasteiger partial charge in [0.25, 0.3) is 0 Å². The number of anilines is 1. The highest BCUT2D eigenvalue weighted by Crippen LogP contribution is 2.39. The van der Waals surface area contributed by atoms with Crippen molar-refractivity contribution in [3.8, 4) is 0 Å². The summed E-state index contributed by atoms with van der Waals surface area (Å²) in [6.45, 7) is 9.85. The zero-order valence-electron chi connectivity index (χ0n) is 15.5. The first-order valence-corrected chi connectivity index (χ1v) is 8.63. The van der Waals surface area contributed by atoms with Crippen LogP contribution in [0.3, 0.4) is 0 Å². The molecule has 2 heteroatoms. The molecule has 0 saturated carbocycles. The normalized spacial score (nSPS) is 15.2. The van der Waals surface area contributed by atoms with Gasteiger partial charge in [-0.2, -0.15) is 0 Å². The number of rotatable bonds is 6. The zero-order valence-corrected chi connectivity index (χ0v) is 15.5. The van der Waals surface area contributed by atoms with Gasteiger partial charge in [0.2, 0.25) is 0 Å². The van der Waals surface area contributed by atoms with Gasteiger partial charge in [0.15, 0.2) is 0 Å². The van der Waals surface area contributed by atoms with E-state index in [1.165, 1.54) is 45.5 Å². The maximum absolute atomic E-state index is 4.65. The molecule has 0 heterocycles. The molecule has 2 nitrogen and oxygen atoms in total. The molecule has 0 amide bonds. The molecule has 0 unspecified atom stereocenters. The second-order valence-corrected chi connectivity index (χ2v) is 6.74. The van der Waals surface area contributed by atoms with E-state index in [-0.39, 0.29) is 0 Å². The Morgan fingerprint density at radius 1 is 1.13 bits per heavy atom. The molecule has 124 valence electrons. The summed E-state index contributed by atoms with van der Waals surface area (Å²) >= 11 is 0. The maximum atomic E-state index is 4.65. The molecule has 0 radical (unpaired) electrons. The summed E-state index contributed by atoms with van der Waals surface area (Å²) < 4.78 is 0. The Balaban J connectivity index is 2.41. The molecular formula is C21H30N2. The highest BCUT2D eigenvalue weighted by atomic mass is 15.1. The molecule has 0 bridgehead atoms. The number of unbranched alkanes of at least 4 members (excludes halogenated alkanes) is 1. The van der Waals surface area contributed by atoms with Crippen LogP contribution in [0.15, 0.2) is 39.9 Å². The van der Waals surface area contributed by atoms with Crippen molar-refractivity contribution in [1.29, 1.82) is 0 Å². The predicted molar refractivity (Wildman–Crippen MR) is 104 cm³/mol. The van der Waals surface area contributed by atoms with Crippen molar-refractivity contribution in [2.75, 3.05) is 25.5 Å². The van der Waals surface area contributed by atoms with E-state index in [1.54, 1.807) is 0 Å². The summed E-state index contributed by atoms with van der Waals surface area (Å²) in [4.78, 5) is 6.80. The second-order valence-electron chi connectivity index (χ2n) is 6.74. The van der Waals surface area contributed by atoms with Gasteiger partial charge in [-0.25, -0.2) is 0 Å². The Labute approximate surface area is 141 Å². The van der Waals surface area contributed by atoms with E-state index < -0.39 is 0 Å². The predicted octanol–water partition coefficient (Wildman–Crippen LogP) is 5.49. The first-order chi connectivity index (χ1) is 11.0. The van der Waals surface area contributed by atoms with Crippen LogP contribution in [0, 0.1) is 0 Å². The minimum absolute atomic E-state index is 0.913. The van der Waals surface area contributed by atoms with Crippen molar-refractivity contribution in [1.82, 2.24) is 0 Å². The van der Waals surface area contributed by atoms with Crippen molar-refractivity contribution in [3.05, 3.63) is 46.0 Å². The average molecular weight is 310 g/mol. The number of hydrogen-bond acceptors (Lipinski definition) is 2. The van der Waals surface area contributed by atoms with Gasteiger partial charge in [0, 0.05) is 38.1 Å². The quantitative estimate of drug-likeness (QED) is 0.501. The highest BCUT2D eigenvalue weighted by molar-refractivity contribution is 5.92. The van der Waals surface area contributed by atoms with Crippen molar-refractivity contribution < 1.29 is 0 Å². The molecule has 0 N–H and O–H groups in total. The summed E-state index contributed by atoms with van der Waals surface area (Å²) in [7, 11) is 4.17. The molecule has 0 saturated heterocycles. The van der Waals surface area contributed by atoms with Crippen LogP contribution in [0.25, 0.3) is 5.57 Å². The summed E-state index contributed by atoms with van der Waals surface area (Å²) in [5, 5.41) is 0. The highest BCUT2D eigenvalue weighted by Gasteiger charge is 2.19. The molecule has 0 aliphatic heterocycles. The van der Waals surface area contributed by atoms with Crippen LogP contribution < -0.4 is 4.90 Å². The van der Waals surface area contributed by atoms with Gasteiger partial charge in [-0.05, 0) is 68.0 Å². The van der Waals surface area contributed by atoms with Gasteiger partial charge < -0.3 is 4.90 Å². The third kappa shape index (κ3) is 3.93. The number of nitrogens with zero attached hydrogens (tertiary/aromatic N) is 2. The second kappa shape index (κ2) is 7.63. The molecule has 0 aromatic heterocycles. The van der Waals surface area contributed by atoms with Crippen LogP contribution in [-0.2, 0) is 0 Å². The molecule has 0 spiro atoms. The Morgan fingerprint density at radius 3 is 2.43 bits per heavy atom. The number of allylic oxidation sites excluding steroid dienone is 4. The van der Waals surface area contributed by atoms with Gasteiger partial charge >= 0.3 is 0 Å². The van der Waals surface area contributed by atoms with E-state index in [2.05, 4.69) is 76.1 Å². The Hall–Kier alpha value is -1.83. The topological polar surface area (TPSA) is 15.6 Å². The maximum Gasteiger partial charge on any atom is 0.0389 e. The lowest BCUT2D eigenvalue weighted by Crippen LogP contribution is -2.09. The molecular weight excluding hydrogens is 280 g/mol. The van der Waals surface area contributed by atoms with E-state index in [1.807, 2.05) is 0 Å². The number of hydrogen-bond donors (Lipinski definition) is 0. The minimum atomic E-state index is 0.913. The van der Waals surface area contributed by atoms with E-state index in [9.17, 15) is 0 Å². The number of aliphatic imine (C=N–C) groups is 1. The SMILES string of the molecule is CCCCN=Cc1cc(N(C)C)ccc1C1=C(C)C(C)=C(C)C1. The van der Waals surface area contributed by atoms with Crippen LogP contribution in [0.4, 0.5) is 5.69 Å². The fraction of sp³-hybridized carbons (Fsp3) is 0.476. The number of benzene rings is 1. The lowest BCUT2D eigenvalue weighted by molar-refractivity contribution is 0.810. The van der Waals surface area contributed by atoms with Crippen LogP contribution in [0.2, 0.25) is 0 Å². The van der Waals surface area contributed by atoms with Gasteiger partial charge in [-0.1, -0.05) is 25.0 Å². The van der Waals surface area contributed by atoms with Gasteiger partial charge in [0.05, 0.1) is 0 Å². The molecule has 23 heavy (non-hydrogen) atoms. The molecule has 1 aromatic rings. The molecule has 1 aromatic carbocycles. The van der Waals surface area contributed by atoms with Gasteiger partial charge in [-0.3, -0.25) is 4.99 Å². The molecule has 0 atom stereocenters. The van der Waals surface area contributed by atoms with Crippen molar-refractivity contribution in [3.63, 3.8) is 0 Å². The fourth-order valence-corrected chi connectivity index (χ4v) is 3.00. The molecule has 1 aliphatic carbocycles. The van der Waals surface area contributed by atoms with E-state index >= 15 is 0 Å². The first-order valence-electron chi connectivity index (χ1n) is 8.63. The molecule has 0 fully saturated rings. The standard InChI is InChI=1S/C21H30N2/c1-7-8-11-22-14-18-13-19(23(5)6)9-10-20(18)21-12-15(2)16(3)17(21)4/h9-10,13-14H,7-8,11-12H2,1-6H3. The largest absolute Gasteiger partial charge is 0.378 e. The first kappa shape index (κ1) is 17.5. The third-order valence-corrected chi connectivity index (χ3v) is 4.85. The van der Waals surface area contributed by atoms with Crippen LogP contribution in [-0.4, -0.2) is 26.9 Å². The summed E-state index contributed by atoms with van der Waals surface area (Å²) in [5.41, 5.74) is 9.64. The molecule has 2 rings (SSSR count). The zero-order chi connectivity index (χ0) is 17.0. The van der Waals surface area contributed by atoms with Crippen LogP contribution >= 0.6 is 0 Å². The lowest BCUT2D eigenvalue weighted by atomic mass is 9.95. The van der Waals surface area contributed by atoms with Gasteiger partial charge in [0.1, 0.15) is 0 Å². The monoisotopic (exact) mass is 310 g/mol. The Kier molecular flexibility index (Phi) is 5.81. The smallest absolute Gasteiger partial charge is 0.0389 e. The van der Waals surface area contributed by atoms with E-state index in [0.717, 1.165) is 19.4 Å². The van der Waals surface area contributed by atoms with Crippen molar-refractivity contribution in [2.24, 2.45) is 4.99 Å². The summed E-state index contributed by atoms with van der Waals surface area (Å²) in [5.74, 6) is 0. The fourth-order valence-electron chi connectivity index (χ4n) is 3.00. The Bertz CT molecular complexity index is 660. The van der Waals surface area contributed by atoms with Crippen LogP contribution in [0.1, 0.15) is 58.1 Å².